The molecule has 6 rings (SSSR count). The van der Waals surface area contributed by atoms with Crippen LogP contribution in [0.15, 0.2) is 46.2 Å². The van der Waals surface area contributed by atoms with Crippen LogP contribution >= 0.6 is 0 Å². The molecule has 3 aromatic rings. The second-order valence-electron chi connectivity index (χ2n) is 8.74. The highest BCUT2D eigenvalue weighted by Crippen LogP contribution is 2.35. The number of hydrazone groups is 1. The molecule has 1 saturated carbocycles. The highest BCUT2D eigenvalue weighted by molar-refractivity contribution is 5.96. The Morgan fingerprint density at radius 2 is 2.00 bits per heavy atom. The number of rotatable bonds is 7. The Morgan fingerprint density at radius 3 is 2.82 bits per heavy atom. The van der Waals surface area contributed by atoms with Gasteiger partial charge in [-0.1, -0.05) is 11.2 Å². The van der Waals surface area contributed by atoms with E-state index in [-0.39, 0.29) is 0 Å². The minimum Gasteiger partial charge on any atom is -0.378 e. The summed E-state index contributed by atoms with van der Waals surface area (Å²) in [5.41, 5.74) is 4.72. The van der Waals surface area contributed by atoms with E-state index >= 15 is 0 Å². The SMILES string of the molecule is c1ccc(-c2cc(CNc3nc(NC4=NNC(C5CC5)C4)cc(N4CCOCC4)n3)on2)nc1. The van der Waals surface area contributed by atoms with Gasteiger partial charge in [-0.2, -0.15) is 15.1 Å². The van der Waals surface area contributed by atoms with Crippen molar-refractivity contribution in [3.05, 3.63) is 42.3 Å². The molecule has 1 atom stereocenters. The Balaban J connectivity index is 1.17. The van der Waals surface area contributed by atoms with Gasteiger partial charge in [-0.05, 0) is 30.9 Å². The summed E-state index contributed by atoms with van der Waals surface area (Å²) >= 11 is 0. The third-order valence-electron chi connectivity index (χ3n) is 6.20. The monoisotopic (exact) mass is 461 g/mol. The first kappa shape index (κ1) is 20.8. The lowest BCUT2D eigenvalue weighted by Crippen LogP contribution is -2.37. The minimum absolute atomic E-state index is 0.401. The third-order valence-corrected chi connectivity index (χ3v) is 6.20. The molecule has 0 amide bonds. The molecule has 3 aromatic heterocycles. The average molecular weight is 462 g/mol. The lowest BCUT2D eigenvalue weighted by atomic mass is 10.1. The van der Waals surface area contributed by atoms with E-state index in [1.54, 1.807) is 6.20 Å². The summed E-state index contributed by atoms with van der Waals surface area (Å²) in [7, 11) is 0. The largest absolute Gasteiger partial charge is 0.378 e. The fourth-order valence-corrected chi connectivity index (χ4v) is 4.19. The van der Waals surface area contributed by atoms with Crippen LogP contribution in [0.1, 0.15) is 25.0 Å². The van der Waals surface area contributed by atoms with E-state index in [1.165, 1.54) is 12.8 Å². The van der Waals surface area contributed by atoms with Crippen molar-refractivity contribution in [2.45, 2.75) is 31.8 Å². The number of anilines is 3. The van der Waals surface area contributed by atoms with Crippen molar-refractivity contribution in [2.24, 2.45) is 11.0 Å². The minimum atomic E-state index is 0.401. The molecule has 0 spiro atoms. The molecule has 2 aliphatic heterocycles. The number of aromatic nitrogens is 4. The molecule has 0 bridgehead atoms. The molecule has 1 saturated heterocycles. The van der Waals surface area contributed by atoms with E-state index in [0.717, 1.165) is 42.8 Å². The van der Waals surface area contributed by atoms with Crippen molar-refractivity contribution in [1.29, 1.82) is 0 Å². The second kappa shape index (κ2) is 9.26. The zero-order valence-electron chi connectivity index (χ0n) is 18.8. The number of nitrogens with zero attached hydrogens (tertiary/aromatic N) is 6. The lowest BCUT2D eigenvalue weighted by molar-refractivity contribution is 0.122. The van der Waals surface area contributed by atoms with Gasteiger partial charge in [0.1, 0.15) is 23.2 Å². The number of ether oxygens (including phenoxy) is 1. The van der Waals surface area contributed by atoms with E-state index in [9.17, 15) is 0 Å². The van der Waals surface area contributed by atoms with Crippen LogP contribution in [-0.4, -0.2) is 58.3 Å². The zero-order valence-corrected chi connectivity index (χ0v) is 18.8. The quantitative estimate of drug-likeness (QED) is 0.483. The predicted octanol–water partition coefficient (Wildman–Crippen LogP) is 2.47. The third kappa shape index (κ3) is 4.79. The maximum atomic E-state index is 5.51. The van der Waals surface area contributed by atoms with Crippen LogP contribution in [0.4, 0.5) is 17.6 Å². The van der Waals surface area contributed by atoms with Gasteiger partial charge < -0.3 is 30.2 Å². The summed E-state index contributed by atoms with van der Waals surface area (Å²) in [6, 6.07) is 9.96. The van der Waals surface area contributed by atoms with E-state index in [4.69, 9.17) is 14.2 Å². The summed E-state index contributed by atoms with van der Waals surface area (Å²) in [6.45, 7) is 3.35. The van der Waals surface area contributed by atoms with E-state index in [0.29, 0.717) is 49.0 Å². The summed E-state index contributed by atoms with van der Waals surface area (Å²) in [4.78, 5) is 15.9. The first-order valence-electron chi connectivity index (χ1n) is 11.7. The number of amidine groups is 1. The molecule has 2 fully saturated rings. The molecule has 11 heteroatoms. The molecule has 5 heterocycles. The van der Waals surface area contributed by atoms with Gasteiger partial charge in [0.2, 0.25) is 5.95 Å². The molecular weight excluding hydrogens is 434 g/mol. The van der Waals surface area contributed by atoms with Gasteiger partial charge in [0, 0.05) is 37.8 Å². The Labute approximate surface area is 197 Å². The summed E-state index contributed by atoms with van der Waals surface area (Å²) < 4.78 is 11.0. The van der Waals surface area contributed by atoms with Crippen LogP contribution in [-0.2, 0) is 11.3 Å². The van der Waals surface area contributed by atoms with Gasteiger partial charge >= 0.3 is 0 Å². The Bertz CT molecular complexity index is 1160. The van der Waals surface area contributed by atoms with Crippen LogP contribution in [0.3, 0.4) is 0 Å². The van der Waals surface area contributed by atoms with Crippen LogP contribution in [0, 0.1) is 5.92 Å². The maximum Gasteiger partial charge on any atom is 0.227 e. The number of nitrogens with one attached hydrogen (secondary N) is 3. The van der Waals surface area contributed by atoms with Gasteiger partial charge in [0.15, 0.2) is 5.76 Å². The van der Waals surface area contributed by atoms with Crippen molar-refractivity contribution >= 4 is 23.4 Å². The van der Waals surface area contributed by atoms with E-state index in [1.807, 2.05) is 30.3 Å². The number of morpholine rings is 1. The molecule has 11 nitrogen and oxygen atoms in total. The van der Waals surface area contributed by atoms with Crippen molar-refractivity contribution < 1.29 is 9.26 Å². The van der Waals surface area contributed by atoms with Gasteiger partial charge in [0.05, 0.1) is 31.5 Å². The van der Waals surface area contributed by atoms with Crippen LogP contribution in [0.5, 0.6) is 0 Å². The lowest BCUT2D eigenvalue weighted by Gasteiger charge is -2.28. The van der Waals surface area contributed by atoms with Crippen LogP contribution in [0.2, 0.25) is 0 Å². The number of hydrogen-bond donors (Lipinski definition) is 3. The van der Waals surface area contributed by atoms with Crippen molar-refractivity contribution in [1.82, 2.24) is 25.5 Å². The summed E-state index contributed by atoms with van der Waals surface area (Å²) in [5, 5.41) is 15.3. The van der Waals surface area contributed by atoms with Gasteiger partial charge in [0.25, 0.3) is 0 Å². The highest BCUT2D eigenvalue weighted by atomic mass is 16.5. The average Bonchev–Trinajstić information content (AvgIpc) is 3.44. The smallest absolute Gasteiger partial charge is 0.227 e. The van der Waals surface area contributed by atoms with Gasteiger partial charge in [-0.3, -0.25) is 4.98 Å². The topological polar surface area (TPSA) is 126 Å². The van der Waals surface area contributed by atoms with Crippen molar-refractivity contribution in [3.63, 3.8) is 0 Å². The van der Waals surface area contributed by atoms with Crippen LogP contribution in [0.25, 0.3) is 11.4 Å². The summed E-state index contributed by atoms with van der Waals surface area (Å²) in [6.07, 6.45) is 5.19. The molecular formula is C23H27N9O2. The molecule has 0 aromatic carbocycles. The fraction of sp³-hybridized carbons (Fsp3) is 0.435. The van der Waals surface area contributed by atoms with E-state index < -0.39 is 0 Å². The number of pyridine rings is 1. The highest BCUT2D eigenvalue weighted by Gasteiger charge is 2.34. The number of hydrogen-bond acceptors (Lipinski definition) is 11. The fourth-order valence-electron chi connectivity index (χ4n) is 4.19. The van der Waals surface area contributed by atoms with Crippen molar-refractivity contribution in [3.8, 4) is 11.4 Å². The molecule has 176 valence electrons. The predicted molar refractivity (Wildman–Crippen MR) is 127 cm³/mol. The molecule has 1 aliphatic carbocycles. The molecule has 3 aliphatic rings. The molecule has 3 N–H and O–H groups in total. The standard InChI is InChI=1S/C23H27N9O2/c1-2-6-24-17(3-1)19-11-16(34-31-19)14-25-23-27-20(13-22(28-23)32-7-9-33-10-8-32)26-21-12-18(29-30-21)15-4-5-15/h1-3,6,11,13,15,18,29H,4-5,7-10,12,14H2,(H2,25,26,27,28,30). The molecule has 0 radical (unpaired) electrons. The molecule has 1 unspecified atom stereocenters. The summed E-state index contributed by atoms with van der Waals surface area (Å²) in [5.74, 6) is 4.39. The van der Waals surface area contributed by atoms with E-state index in [2.05, 4.69) is 41.2 Å². The first-order chi connectivity index (χ1) is 16.8. The normalized spacial score (nSPS) is 20.1. The van der Waals surface area contributed by atoms with Crippen LogP contribution < -0.4 is 21.0 Å². The maximum absolute atomic E-state index is 5.51. The van der Waals surface area contributed by atoms with Gasteiger partial charge in [-0.15, -0.1) is 0 Å². The zero-order chi connectivity index (χ0) is 22.7. The Kier molecular flexibility index (Phi) is 5.68. The first-order valence-corrected chi connectivity index (χ1v) is 11.7. The second-order valence-corrected chi connectivity index (χ2v) is 8.74. The molecule has 34 heavy (non-hydrogen) atoms. The Hall–Kier alpha value is -3.73. The van der Waals surface area contributed by atoms with Crippen molar-refractivity contribution in [2.75, 3.05) is 41.8 Å². The van der Waals surface area contributed by atoms with Gasteiger partial charge in [-0.25, -0.2) is 0 Å². The Morgan fingerprint density at radius 1 is 1.09 bits per heavy atom.